The van der Waals surface area contributed by atoms with Gasteiger partial charge in [0.1, 0.15) is 0 Å². The van der Waals surface area contributed by atoms with Gasteiger partial charge in [0.2, 0.25) is 0 Å². The van der Waals surface area contributed by atoms with Crippen LogP contribution in [-0.4, -0.2) is 5.11 Å². The van der Waals surface area contributed by atoms with E-state index in [4.69, 9.17) is 5.11 Å². The van der Waals surface area contributed by atoms with Crippen molar-refractivity contribution in [2.45, 2.75) is 6.18 Å². The molecule has 2 rings (SSSR count). The molecule has 2 aromatic rings. The van der Waals surface area contributed by atoms with Gasteiger partial charge in [-0.3, -0.25) is 0 Å². The van der Waals surface area contributed by atoms with Gasteiger partial charge in [0.25, 0.3) is 0 Å². The van der Waals surface area contributed by atoms with Crippen LogP contribution in [0.5, 0.6) is 5.75 Å². The Morgan fingerprint density at radius 2 is 1.40 bits per heavy atom. The molecular weight excluding hydrogens is 272 g/mol. The Hall–Kier alpha value is -2.30. The van der Waals surface area contributed by atoms with Crippen LogP contribution in [0.1, 0.15) is 16.7 Å². The van der Waals surface area contributed by atoms with Gasteiger partial charge in [-0.1, -0.05) is 30.4 Å². The van der Waals surface area contributed by atoms with E-state index >= 15 is 0 Å². The predicted octanol–water partition coefficient (Wildman–Crippen LogP) is 4.72. The maximum Gasteiger partial charge on any atom is 0.416 e. The molecule has 0 aromatic heterocycles. The Morgan fingerprint density at radius 1 is 0.850 bits per heavy atom. The second-order valence-corrected chi connectivity index (χ2v) is 4.16. The predicted molar refractivity (Wildman–Crippen MR) is 68.4 cm³/mol. The average Bonchev–Trinajstić information content (AvgIpc) is 2.40. The van der Waals surface area contributed by atoms with Crippen molar-refractivity contribution in [2.75, 3.05) is 0 Å². The van der Waals surface area contributed by atoms with Crippen molar-refractivity contribution in [2.24, 2.45) is 0 Å². The molecule has 1 N–H and O–H groups in total. The first-order valence-electron chi connectivity index (χ1n) is 5.70. The van der Waals surface area contributed by atoms with Gasteiger partial charge >= 0.3 is 6.18 Å². The van der Waals surface area contributed by atoms with Crippen molar-refractivity contribution < 1.29 is 22.7 Å². The smallest absolute Gasteiger partial charge is 0.416 e. The molecule has 1 nitrogen and oxygen atoms in total. The van der Waals surface area contributed by atoms with E-state index in [0.29, 0.717) is 11.1 Å². The standard InChI is InChI=1S/C15H10F4O/c16-13-9-11(5-8-14(13)20)2-1-10-3-6-12(7-4-10)15(17,18)19/h1-9,20H/b2-1+. The van der Waals surface area contributed by atoms with E-state index < -0.39 is 23.3 Å². The quantitative estimate of drug-likeness (QED) is 0.624. The summed E-state index contributed by atoms with van der Waals surface area (Å²) >= 11 is 0. The third-order valence-corrected chi connectivity index (χ3v) is 2.68. The van der Waals surface area contributed by atoms with Gasteiger partial charge in [-0.2, -0.15) is 13.2 Å². The highest BCUT2D eigenvalue weighted by atomic mass is 19.4. The van der Waals surface area contributed by atoms with E-state index in [-0.39, 0.29) is 0 Å². The van der Waals surface area contributed by atoms with Crippen molar-refractivity contribution in [3.8, 4) is 5.75 Å². The van der Waals surface area contributed by atoms with Crippen LogP contribution in [0.4, 0.5) is 17.6 Å². The lowest BCUT2D eigenvalue weighted by atomic mass is 10.1. The minimum absolute atomic E-state index is 0.448. The van der Waals surface area contributed by atoms with Crippen molar-refractivity contribution in [3.05, 3.63) is 65.0 Å². The zero-order valence-electron chi connectivity index (χ0n) is 10.2. The highest BCUT2D eigenvalue weighted by Gasteiger charge is 2.29. The highest BCUT2D eigenvalue weighted by Crippen LogP contribution is 2.29. The van der Waals surface area contributed by atoms with Crippen LogP contribution in [0.3, 0.4) is 0 Å². The van der Waals surface area contributed by atoms with E-state index in [1.807, 2.05) is 0 Å². The first-order valence-corrected chi connectivity index (χ1v) is 5.70. The lowest BCUT2D eigenvalue weighted by Gasteiger charge is -2.05. The summed E-state index contributed by atoms with van der Waals surface area (Å²) in [4.78, 5) is 0. The molecule has 20 heavy (non-hydrogen) atoms. The van der Waals surface area contributed by atoms with Crippen molar-refractivity contribution >= 4 is 12.2 Å². The highest BCUT2D eigenvalue weighted by molar-refractivity contribution is 5.70. The maximum absolute atomic E-state index is 13.1. The van der Waals surface area contributed by atoms with Crippen LogP contribution in [0.15, 0.2) is 42.5 Å². The van der Waals surface area contributed by atoms with Gasteiger partial charge in [0.15, 0.2) is 11.6 Å². The van der Waals surface area contributed by atoms with E-state index in [0.717, 1.165) is 18.2 Å². The van der Waals surface area contributed by atoms with Gasteiger partial charge in [0.05, 0.1) is 5.56 Å². The number of hydrogen-bond donors (Lipinski definition) is 1. The molecule has 2 aromatic carbocycles. The maximum atomic E-state index is 13.1. The zero-order chi connectivity index (χ0) is 14.8. The summed E-state index contributed by atoms with van der Waals surface area (Å²) in [6.45, 7) is 0. The van der Waals surface area contributed by atoms with E-state index in [9.17, 15) is 17.6 Å². The van der Waals surface area contributed by atoms with Crippen molar-refractivity contribution in [3.63, 3.8) is 0 Å². The van der Waals surface area contributed by atoms with Crippen LogP contribution >= 0.6 is 0 Å². The third kappa shape index (κ3) is 3.38. The Balaban J connectivity index is 2.17. The Morgan fingerprint density at radius 3 is 1.95 bits per heavy atom. The summed E-state index contributed by atoms with van der Waals surface area (Å²) in [6.07, 6.45) is -1.25. The summed E-state index contributed by atoms with van der Waals surface area (Å²) in [5.74, 6) is -1.20. The molecule has 0 aliphatic heterocycles. The molecule has 0 unspecified atom stereocenters. The Labute approximate surface area is 112 Å². The minimum Gasteiger partial charge on any atom is -0.505 e. The van der Waals surface area contributed by atoms with Gasteiger partial charge < -0.3 is 5.11 Å². The first-order chi connectivity index (χ1) is 9.36. The molecule has 104 valence electrons. The van der Waals surface area contributed by atoms with Gasteiger partial charge in [-0.05, 0) is 35.4 Å². The average molecular weight is 282 g/mol. The molecule has 0 saturated heterocycles. The zero-order valence-corrected chi connectivity index (χ0v) is 10.2. The molecule has 0 aliphatic carbocycles. The molecule has 0 amide bonds. The second-order valence-electron chi connectivity index (χ2n) is 4.16. The fourth-order valence-electron chi connectivity index (χ4n) is 1.60. The number of phenols is 1. The number of benzene rings is 2. The molecule has 0 aliphatic rings. The third-order valence-electron chi connectivity index (χ3n) is 2.68. The first kappa shape index (κ1) is 14.1. The van der Waals surface area contributed by atoms with Crippen LogP contribution in [0, 0.1) is 5.82 Å². The van der Waals surface area contributed by atoms with Crippen LogP contribution in [0.25, 0.3) is 12.2 Å². The summed E-state index contributed by atoms with van der Waals surface area (Å²) in [5, 5.41) is 9.03. The largest absolute Gasteiger partial charge is 0.505 e. The summed E-state index contributed by atoms with van der Waals surface area (Å²) in [7, 11) is 0. The molecule has 0 saturated carbocycles. The lowest BCUT2D eigenvalue weighted by Crippen LogP contribution is -2.03. The molecular formula is C15H10F4O. The van der Waals surface area contributed by atoms with Gasteiger partial charge in [-0.15, -0.1) is 0 Å². The number of alkyl halides is 3. The number of phenolic OH excluding ortho intramolecular Hbond substituents is 1. The number of rotatable bonds is 2. The molecule has 0 heterocycles. The molecule has 0 bridgehead atoms. The second kappa shape index (κ2) is 5.36. The van der Waals surface area contributed by atoms with Crippen LogP contribution < -0.4 is 0 Å². The van der Waals surface area contributed by atoms with Crippen LogP contribution in [-0.2, 0) is 6.18 Å². The minimum atomic E-state index is -4.36. The van der Waals surface area contributed by atoms with Gasteiger partial charge in [-0.25, -0.2) is 4.39 Å². The number of halogens is 4. The van der Waals surface area contributed by atoms with E-state index in [1.54, 1.807) is 12.2 Å². The van der Waals surface area contributed by atoms with Crippen molar-refractivity contribution in [1.29, 1.82) is 0 Å². The van der Waals surface area contributed by atoms with Crippen molar-refractivity contribution in [1.82, 2.24) is 0 Å². The topological polar surface area (TPSA) is 20.2 Å². The molecule has 0 atom stereocenters. The van der Waals surface area contributed by atoms with Gasteiger partial charge in [0, 0.05) is 0 Å². The molecule has 0 radical (unpaired) electrons. The van der Waals surface area contributed by atoms with Crippen LogP contribution in [0.2, 0.25) is 0 Å². The SMILES string of the molecule is Oc1ccc(/C=C/c2ccc(C(F)(F)F)cc2)cc1F. The molecule has 0 fully saturated rings. The lowest BCUT2D eigenvalue weighted by molar-refractivity contribution is -0.137. The number of aromatic hydroxyl groups is 1. The van der Waals surface area contributed by atoms with E-state index in [1.165, 1.54) is 24.3 Å². The normalized spacial score (nSPS) is 12.0. The number of hydrogen-bond acceptors (Lipinski definition) is 1. The monoisotopic (exact) mass is 282 g/mol. The summed E-state index contributed by atoms with van der Waals surface area (Å²) in [6, 6.07) is 8.47. The Bertz CT molecular complexity index is 627. The molecule has 5 heteroatoms. The summed E-state index contributed by atoms with van der Waals surface area (Å²) < 4.78 is 50.2. The Kier molecular flexibility index (Phi) is 3.79. The fraction of sp³-hybridized carbons (Fsp3) is 0.0667. The molecule has 0 spiro atoms. The fourth-order valence-corrected chi connectivity index (χ4v) is 1.60. The van der Waals surface area contributed by atoms with E-state index in [2.05, 4.69) is 0 Å². The summed E-state index contributed by atoms with van der Waals surface area (Å²) in [5.41, 5.74) is 0.344.